The fourth-order valence-corrected chi connectivity index (χ4v) is 9.25. The zero-order valence-electron chi connectivity index (χ0n) is 32.0. The Hall–Kier alpha value is -4.36. The van der Waals surface area contributed by atoms with Gasteiger partial charge < -0.3 is 4.90 Å². The summed E-state index contributed by atoms with van der Waals surface area (Å²) >= 11 is 0. The minimum absolute atomic E-state index is 0.0349. The van der Waals surface area contributed by atoms with Crippen molar-refractivity contribution in [2.45, 2.75) is 97.8 Å². The third-order valence-corrected chi connectivity index (χ3v) is 12.3. The van der Waals surface area contributed by atoms with Gasteiger partial charge in [-0.3, -0.25) is 0 Å². The van der Waals surface area contributed by atoms with E-state index in [1.54, 1.807) is 0 Å². The van der Waals surface area contributed by atoms with Crippen LogP contribution in [0.5, 0.6) is 0 Å². The second kappa shape index (κ2) is 10.8. The van der Waals surface area contributed by atoms with Crippen molar-refractivity contribution in [2.75, 3.05) is 4.90 Å². The largest absolute Gasteiger partial charge is 0.314 e. The predicted octanol–water partition coefficient (Wildman–Crippen LogP) is 13.1. The van der Waals surface area contributed by atoms with E-state index in [0.29, 0.717) is 5.92 Å². The van der Waals surface area contributed by atoms with Crippen LogP contribution in [0.4, 0.5) is 11.4 Å². The molecule has 1 nitrogen and oxygen atoms in total. The number of nitrogens with zero attached hydrogens (tertiary/aromatic N) is 1. The molecule has 0 saturated carbocycles. The van der Waals surface area contributed by atoms with Gasteiger partial charge in [-0.05, 0) is 120 Å². The zero-order valence-corrected chi connectivity index (χ0v) is 32.0. The van der Waals surface area contributed by atoms with Crippen LogP contribution in [0.15, 0.2) is 126 Å². The first-order chi connectivity index (χ1) is 23.5. The molecule has 0 N–H and O–H groups in total. The van der Waals surface area contributed by atoms with Crippen molar-refractivity contribution in [2.24, 2.45) is 11.8 Å². The topological polar surface area (TPSA) is 3.24 Å². The average molecular weight is 656 g/mol. The summed E-state index contributed by atoms with van der Waals surface area (Å²) in [4.78, 5) is 2.56. The van der Waals surface area contributed by atoms with Crippen molar-refractivity contribution >= 4 is 16.9 Å². The Balaban J connectivity index is 1.35. The van der Waals surface area contributed by atoms with Crippen molar-refractivity contribution in [1.82, 2.24) is 0 Å². The van der Waals surface area contributed by atoms with Gasteiger partial charge in [0.2, 0.25) is 0 Å². The summed E-state index contributed by atoms with van der Waals surface area (Å²) in [5.41, 5.74) is 19.4. The Bertz CT molecular complexity index is 2100. The molecule has 0 aromatic heterocycles. The van der Waals surface area contributed by atoms with Crippen LogP contribution >= 0.6 is 0 Å². The number of hydrogen-bond acceptors (Lipinski definition) is 1. The lowest BCUT2D eigenvalue weighted by Crippen LogP contribution is -2.32. The molecule has 0 radical (unpaired) electrons. The van der Waals surface area contributed by atoms with Gasteiger partial charge in [-0.2, -0.15) is 0 Å². The molecule has 0 amide bonds. The molecule has 0 heterocycles. The Labute approximate surface area is 301 Å². The van der Waals surface area contributed by atoms with E-state index in [4.69, 9.17) is 0 Å². The van der Waals surface area contributed by atoms with Crippen molar-refractivity contribution in [3.05, 3.63) is 159 Å². The van der Waals surface area contributed by atoms with Gasteiger partial charge in [-0.1, -0.05) is 143 Å². The molecule has 254 valence electrons. The molecule has 0 bridgehead atoms. The molecule has 2 unspecified atom stereocenters. The van der Waals surface area contributed by atoms with Crippen LogP contribution in [-0.2, 0) is 21.7 Å². The molecule has 4 aromatic carbocycles. The highest BCUT2D eigenvalue weighted by Crippen LogP contribution is 2.60. The number of allylic oxidation sites excluding steroid dienone is 7. The predicted molar refractivity (Wildman–Crippen MR) is 214 cm³/mol. The van der Waals surface area contributed by atoms with Crippen molar-refractivity contribution in [1.29, 1.82) is 0 Å². The smallest absolute Gasteiger partial charge is 0.0458 e. The molecule has 4 aliphatic carbocycles. The monoisotopic (exact) mass is 655 g/mol. The minimum atomic E-state index is -0.152. The van der Waals surface area contributed by atoms with Gasteiger partial charge in [-0.25, -0.2) is 0 Å². The molecule has 4 aromatic rings. The van der Waals surface area contributed by atoms with Gasteiger partial charge in [0.05, 0.1) is 0 Å². The van der Waals surface area contributed by atoms with Gasteiger partial charge in [0.25, 0.3) is 0 Å². The Morgan fingerprint density at radius 2 is 1.14 bits per heavy atom. The normalized spacial score (nSPS) is 21.1. The van der Waals surface area contributed by atoms with Gasteiger partial charge in [0.15, 0.2) is 0 Å². The molecule has 50 heavy (non-hydrogen) atoms. The third-order valence-electron chi connectivity index (χ3n) is 12.3. The zero-order chi connectivity index (χ0) is 35.5. The second-order valence-electron chi connectivity index (χ2n) is 18.4. The van der Waals surface area contributed by atoms with Crippen LogP contribution < -0.4 is 4.90 Å². The Kier molecular flexibility index (Phi) is 7.10. The molecular formula is C49H53N. The summed E-state index contributed by atoms with van der Waals surface area (Å²) in [7, 11) is 0. The van der Waals surface area contributed by atoms with E-state index in [-0.39, 0.29) is 27.6 Å². The first-order valence-corrected chi connectivity index (χ1v) is 18.6. The molecule has 0 aliphatic heterocycles. The lowest BCUT2D eigenvalue weighted by atomic mass is 9.70. The quantitative estimate of drug-likeness (QED) is 0.212. The number of rotatable bonds is 3. The number of benzene rings is 4. The summed E-state index contributed by atoms with van der Waals surface area (Å²) in [6.45, 7) is 25.9. The van der Waals surface area contributed by atoms with Gasteiger partial charge in [0.1, 0.15) is 0 Å². The third kappa shape index (κ3) is 4.79. The molecule has 0 fully saturated rings. The second-order valence-corrected chi connectivity index (χ2v) is 18.4. The van der Waals surface area contributed by atoms with Crippen molar-refractivity contribution in [3.8, 4) is 11.1 Å². The summed E-state index contributed by atoms with van der Waals surface area (Å²) in [5, 5.41) is 0. The maximum atomic E-state index is 2.59. The van der Waals surface area contributed by atoms with Crippen LogP contribution in [0.1, 0.15) is 110 Å². The van der Waals surface area contributed by atoms with Gasteiger partial charge in [0, 0.05) is 33.8 Å². The Morgan fingerprint density at radius 1 is 0.600 bits per heavy atom. The van der Waals surface area contributed by atoms with Crippen LogP contribution in [-0.4, -0.2) is 0 Å². The van der Waals surface area contributed by atoms with E-state index < -0.39 is 0 Å². The molecule has 2 atom stereocenters. The van der Waals surface area contributed by atoms with Gasteiger partial charge >= 0.3 is 0 Å². The summed E-state index contributed by atoms with van der Waals surface area (Å²) < 4.78 is 0. The van der Waals surface area contributed by atoms with Crippen molar-refractivity contribution in [3.63, 3.8) is 0 Å². The maximum Gasteiger partial charge on any atom is 0.0458 e. The highest BCUT2D eigenvalue weighted by atomic mass is 15.2. The maximum absolute atomic E-state index is 2.59. The van der Waals surface area contributed by atoms with E-state index in [9.17, 15) is 0 Å². The van der Waals surface area contributed by atoms with Crippen LogP contribution in [0.25, 0.3) is 16.7 Å². The van der Waals surface area contributed by atoms with Crippen LogP contribution in [0.3, 0.4) is 0 Å². The first-order valence-electron chi connectivity index (χ1n) is 18.6. The first kappa shape index (κ1) is 32.8. The van der Waals surface area contributed by atoms with E-state index in [1.165, 1.54) is 78.3 Å². The van der Waals surface area contributed by atoms with Crippen LogP contribution in [0.2, 0.25) is 0 Å². The molecular weight excluding hydrogens is 603 g/mol. The average Bonchev–Trinajstić information content (AvgIpc) is 3.43. The molecule has 0 saturated heterocycles. The summed E-state index contributed by atoms with van der Waals surface area (Å²) in [6, 6.07) is 32.9. The highest BCUT2D eigenvalue weighted by molar-refractivity contribution is 5.97. The molecule has 0 spiro atoms. The van der Waals surface area contributed by atoms with E-state index >= 15 is 0 Å². The molecule has 4 aliphatic rings. The standard InChI is InChI=1S/C49H53N/c1-30-15-14-17-36-44(30)43(50(33-23-19-31(20-24-33)46(2,3)4)34-25-21-32(22-26-34)47(5,6)7)29-42-45(36)38-28-40-37(27-41(38)49(42,10)11)35-16-12-13-18-39(35)48(40,8)9/h12-30,44H,1-11H3. The lowest BCUT2D eigenvalue weighted by Gasteiger charge is -2.41. The Morgan fingerprint density at radius 3 is 1.72 bits per heavy atom. The van der Waals surface area contributed by atoms with E-state index in [2.05, 4.69) is 190 Å². The summed E-state index contributed by atoms with van der Waals surface area (Å²) in [6.07, 6.45) is 9.73. The number of anilines is 2. The lowest BCUT2D eigenvalue weighted by molar-refractivity contribution is 0.542. The van der Waals surface area contributed by atoms with Gasteiger partial charge in [-0.15, -0.1) is 0 Å². The molecule has 8 rings (SSSR count). The fraction of sp³-hybridized carbons (Fsp3) is 0.347. The van der Waals surface area contributed by atoms with E-state index in [1.807, 2.05) is 0 Å². The summed E-state index contributed by atoms with van der Waals surface area (Å²) in [5.74, 6) is 0.575. The fourth-order valence-electron chi connectivity index (χ4n) is 9.25. The SMILES string of the molecule is CC1C=CC=C2C3=C(C=C(N(c4ccc(C(C)(C)C)cc4)c4ccc(C(C)(C)C)cc4)C21)C(C)(C)c1cc2c(cc13)C(C)(C)c1ccccc1-2. The number of fused-ring (bicyclic) bond motifs is 7. The van der Waals surface area contributed by atoms with Crippen LogP contribution in [0, 0.1) is 11.8 Å². The van der Waals surface area contributed by atoms with Crippen molar-refractivity contribution < 1.29 is 0 Å². The number of hydrogen-bond donors (Lipinski definition) is 0. The minimum Gasteiger partial charge on any atom is -0.314 e. The molecule has 1 heteroatoms. The highest BCUT2D eigenvalue weighted by Gasteiger charge is 2.47. The van der Waals surface area contributed by atoms with E-state index in [0.717, 1.165) is 0 Å².